The van der Waals surface area contributed by atoms with Crippen LogP contribution in [0.15, 0.2) is 30.5 Å². The van der Waals surface area contributed by atoms with Crippen molar-refractivity contribution in [3.05, 3.63) is 35.3 Å². The van der Waals surface area contributed by atoms with Gasteiger partial charge in [0.2, 0.25) is 0 Å². The number of aromatic nitrogens is 1. The molecule has 2 aromatic rings. The van der Waals surface area contributed by atoms with Crippen molar-refractivity contribution in [2.24, 2.45) is 0 Å². The summed E-state index contributed by atoms with van der Waals surface area (Å²) in [5.74, 6) is 0.897. The number of benzene rings is 1. The van der Waals surface area contributed by atoms with Crippen LogP contribution in [0.1, 0.15) is 11.8 Å². The third-order valence-corrected chi connectivity index (χ3v) is 3.79. The maximum absolute atomic E-state index is 5.44. The predicted octanol–water partition coefficient (Wildman–Crippen LogP) is 2.94. The Balaban J connectivity index is 1.93. The van der Waals surface area contributed by atoms with Crippen LogP contribution in [0.2, 0.25) is 0 Å². The highest BCUT2D eigenvalue weighted by Gasteiger charge is 2.05. The fourth-order valence-corrected chi connectivity index (χ4v) is 2.66. The zero-order valence-electron chi connectivity index (χ0n) is 11.9. The third kappa shape index (κ3) is 4.30. The van der Waals surface area contributed by atoms with Crippen molar-refractivity contribution in [2.45, 2.75) is 13.5 Å². The third-order valence-electron chi connectivity index (χ3n) is 2.75. The van der Waals surface area contributed by atoms with Gasteiger partial charge in [-0.2, -0.15) is 0 Å². The van der Waals surface area contributed by atoms with Crippen molar-refractivity contribution in [3.63, 3.8) is 0 Å². The summed E-state index contributed by atoms with van der Waals surface area (Å²) >= 11 is 1.71. The van der Waals surface area contributed by atoms with Crippen molar-refractivity contribution in [2.75, 3.05) is 26.9 Å². The van der Waals surface area contributed by atoms with Gasteiger partial charge < -0.3 is 14.8 Å². The second-order valence-corrected chi connectivity index (χ2v) is 5.37. The molecule has 5 heteroatoms. The van der Waals surface area contributed by atoms with E-state index >= 15 is 0 Å². The molecule has 0 amide bonds. The number of nitrogens with zero attached hydrogens (tertiary/aromatic N) is 1. The van der Waals surface area contributed by atoms with Crippen LogP contribution >= 0.6 is 11.3 Å². The molecule has 0 radical (unpaired) electrons. The van der Waals surface area contributed by atoms with E-state index < -0.39 is 0 Å². The summed E-state index contributed by atoms with van der Waals surface area (Å²) in [7, 11) is 1.71. The van der Waals surface area contributed by atoms with Gasteiger partial charge in [0, 0.05) is 36.8 Å². The van der Waals surface area contributed by atoms with Crippen molar-refractivity contribution in [3.8, 4) is 16.3 Å². The first kappa shape index (κ1) is 15.0. The van der Waals surface area contributed by atoms with Gasteiger partial charge in [-0.1, -0.05) is 0 Å². The van der Waals surface area contributed by atoms with Gasteiger partial charge >= 0.3 is 0 Å². The molecule has 1 aromatic carbocycles. The summed E-state index contributed by atoms with van der Waals surface area (Å²) in [6.07, 6.45) is 1.93. The van der Waals surface area contributed by atoms with Gasteiger partial charge in [-0.25, -0.2) is 4.98 Å². The number of nitrogens with one attached hydrogen (secondary N) is 1. The van der Waals surface area contributed by atoms with Gasteiger partial charge in [0.25, 0.3) is 0 Å². The van der Waals surface area contributed by atoms with Crippen LogP contribution in [0, 0.1) is 0 Å². The topological polar surface area (TPSA) is 43.4 Å². The zero-order chi connectivity index (χ0) is 14.2. The summed E-state index contributed by atoms with van der Waals surface area (Å²) in [6.45, 7) is 5.08. The summed E-state index contributed by atoms with van der Waals surface area (Å²) in [4.78, 5) is 5.69. The highest BCUT2D eigenvalue weighted by molar-refractivity contribution is 7.15. The first-order valence-electron chi connectivity index (χ1n) is 6.71. The van der Waals surface area contributed by atoms with Gasteiger partial charge in [0.15, 0.2) is 0 Å². The average Bonchev–Trinajstić information content (AvgIpc) is 2.94. The van der Waals surface area contributed by atoms with E-state index in [0.717, 1.165) is 36.0 Å². The smallest absolute Gasteiger partial charge is 0.123 e. The Morgan fingerprint density at radius 2 is 2.05 bits per heavy atom. The predicted molar refractivity (Wildman–Crippen MR) is 82.3 cm³/mol. The first-order valence-corrected chi connectivity index (χ1v) is 7.52. The van der Waals surface area contributed by atoms with Crippen LogP contribution in [-0.4, -0.2) is 31.9 Å². The quantitative estimate of drug-likeness (QED) is 0.760. The first-order chi connectivity index (χ1) is 9.83. The SMILES string of the molecule is CCOc1ccc(-c2ncc(CNCCOC)s2)cc1. The number of methoxy groups -OCH3 is 1. The maximum atomic E-state index is 5.44. The number of ether oxygens (including phenoxy) is 2. The lowest BCUT2D eigenvalue weighted by atomic mass is 10.2. The highest BCUT2D eigenvalue weighted by atomic mass is 32.1. The Morgan fingerprint density at radius 1 is 1.25 bits per heavy atom. The van der Waals surface area contributed by atoms with E-state index in [1.165, 1.54) is 4.88 Å². The molecular formula is C15H20N2O2S. The van der Waals surface area contributed by atoms with Gasteiger partial charge in [-0.15, -0.1) is 11.3 Å². The van der Waals surface area contributed by atoms with Crippen LogP contribution in [0.3, 0.4) is 0 Å². The van der Waals surface area contributed by atoms with E-state index in [-0.39, 0.29) is 0 Å². The molecule has 1 N–H and O–H groups in total. The lowest BCUT2D eigenvalue weighted by Crippen LogP contribution is -2.17. The van der Waals surface area contributed by atoms with Crippen molar-refractivity contribution < 1.29 is 9.47 Å². The Morgan fingerprint density at radius 3 is 2.75 bits per heavy atom. The molecule has 1 aromatic heterocycles. The summed E-state index contributed by atoms with van der Waals surface area (Å²) in [5.41, 5.74) is 1.13. The molecule has 0 spiro atoms. The Bertz CT molecular complexity index is 511. The van der Waals surface area contributed by atoms with Crippen molar-refractivity contribution in [1.29, 1.82) is 0 Å². The van der Waals surface area contributed by atoms with Crippen LogP contribution in [0.4, 0.5) is 0 Å². The van der Waals surface area contributed by atoms with Gasteiger partial charge in [-0.3, -0.25) is 0 Å². The second-order valence-electron chi connectivity index (χ2n) is 4.26. The lowest BCUT2D eigenvalue weighted by Gasteiger charge is -2.03. The van der Waals surface area contributed by atoms with Crippen LogP contribution in [0.5, 0.6) is 5.75 Å². The zero-order valence-corrected chi connectivity index (χ0v) is 12.7. The maximum Gasteiger partial charge on any atom is 0.123 e. The molecule has 0 saturated carbocycles. The summed E-state index contributed by atoms with van der Waals surface area (Å²) in [6, 6.07) is 8.06. The second kappa shape index (κ2) is 7.99. The number of thiazole rings is 1. The van der Waals surface area contributed by atoms with Gasteiger partial charge in [0.05, 0.1) is 13.2 Å². The standard InChI is InChI=1S/C15H20N2O2S/c1-3-19-13-6-4-12(5-7-13)15-17-11-14(20-15)10-16-8-9-18-2/h4-7,11,16H,3,8-10H2,1-2H3. The molecule has 0 unspecified atom stereocenters. The molecule has 0 fully saturated rings. The van der Waals surface area contributed by atoms with Gasteiger partial charge in [-0.05, 0) is 31.2 Å². The average molecular weight is 292 g/mol. The minimum absolute atomic E-state index is 0.688. The van der Waals surface area contributed by atoms with Crippen LogP contribution < -0.4 is 10.1 Å². The Kier molecular flexibility index (Phi) is 5.98. The molecule has 108 valence electrons. The molecule has 0 aliphatic carbocycles. The Hall–Kier alpha value is -1.43. The van der Waals surface area contributed by atoms with Crippen LogP contribution in [-0.2, 0) is 11.3 Å². The minimum Gasteiger partial charge on any atom is -0.494 e. The monoisotopic (exact) mass is 292 g/mol. The minimum atomic E-state index is 0.688. The molecule has 2 rings (SSSR count). The normalized spacial score (nSPS) is 10.7. The van der Waals surface area contributed by atoms with Crippen molar-refractivity contribution >= 4 is 11.3 Å². The molecule has 0 aliphatic heterocycles. The Labute approximate surface area is 123 Å². The number of rotatable bonds is 8. The van der Waals surface area contributed by atoms with E-state index in [9.17, 15) is 0 Å². The fraction of sp³-hybridized carbons (Fsp3) is 0.400. The molecule has 20 heavy (non-hydrogen) atoms. The summed E-state index contributed by atoms with van der Waals surface area (Å²) < 4.78 is 10.4. The van der Waals surface area contributed by atoms with E-state index in [0.29, 0.717) is 6.61 Å². The molecule has 0 saturated heterocycles. The highest BCUT2D eigenvalue weighted by Crippen LogP contribution is 2.26. The van der Waals surface area contributed by atoms with Crippen molar-refractivity contribution in [1.82, 2.24) is 10.3 Å². The van der Waals surface area contributed by atoms with E-state index in [2.05, 4.69) is 10.3 Å². The number of hydrogen-bond acceptors (Lipinski definition) is 5. The summed E-state index contributed by atoms with van der Waals surface area (Å²) in [5, 5.41) is 4.36. The largest absolute Gasteiger partial charge is 0.494 e. The molecule has 0 atom stereocenters. The van der Waals surface area contributed by atoms with E-state index in [4.69, 9.17) is 9.47 Å². The van der Waals surface area contributed by atoms with E-state index in [1.54, 1.807) is 18.4 Å². The fourth-order valence-electron chi connectivity index (χ4n) is 1.77. The molecule has 0 aliphatic rings. The lowest BCUT2D eigenvalue weighted by molar-refractivity contribution is 0.199. The van der Waals surface area contributed by atoms with E-state index in [1.807, 2.05) is 37.4 Å². The van der Waals surface area contributed by atoms with Gasteiger partial charge in [0.1, 0.15) is 10.8 Å². The number of hydrogen-bond donors (Lipinski definition) is 1. The molecule has 4 nitrogen and oxygen atoms in total. The molecule has 1 heterocycles. The van der Waals surface area contributed by atoms with Crippen LogP contribution in [0.25, 0.3) is 10.6 Å². The molecular weight excluding hydrogens is 272 g/mol. The molecule has 0 bridgehead atoms.